The van der Waals surface area contributed by atoms with Gasteiger partial charge < -0.3 is 14.8 Å². The minimum atomic E-state index is -0.140. The van der Waals surface area contributed by atoms with E-state index in [4.69, 9.17) is 9.47 Å². The number of nitrogens with one attached hydrogen (secondary N) is 1. The lowest BCUT2D eigenvalue weighted by molar-refractivity contribution is 0.102. The van der Waals surface area contributed by atoms with Gasteiger partial charge in [0.25, 0.3) is 5.91 Å². The van der Waals surface area contributed by atoms with Gasteiger partial charge in [0.05, 0.1) is 24.8 Å². The molecule has 19 heavy (non-hydrogen) atoms. The molecule has 0 aliphatic carbocycles. The van der Waals surface area contributed by atoms with Crippen LogP contribution in [0.15, 0.2) is 29.6 Å². The topological polar surface area (TPSA) is 47.6 Å². The zero-order valence-corrected chi connectivity index (χ0v) is 11.8. The third-order valence-corrected chi connectivity index (χ3v) is 3.74. The maximum Gasteiger partial charge on any atom is 0.266 e. The van der Waals surface area contributed by atoms with E-state index in [1.165, 1.54) is 11.3 Å². The molecule has 1 N–H and O–H groups in total. The van der Waals surface area contributed by atoms with Crippen LogP contribution >= 0.6 is 11.3 Å². The molecule has 0 atom stereocenters. The number of anilines is 1. The maximum absolute atomic E-state index is 12.2. The van der Waals surface area contributed by atoms with Crippen LogP contribution < -0.4 is 14.8 Å². The van der Waals surface area contributed by atoms with Crippen LogP contribution in [0.25, 0.3) is 0 Å². The summed E-state index contributed by atoms with van der Waals surface area (Å²) in [5.74, 6) is 1.13. The first-order valence-electron chi connectivity index (χ1n) is 5.73. The summed E-state index contributed by atoms with van der Waals surface area (Å²) in [4.78, 5) is 12.9. The lowest BCUT2D eigenvalue weighted by Gasteiger charge is -2.11. The van der Waals surface area contributed by atoms with Crippen molar-refractivity contribution in [2.24, 2.45) is 0 Å². The fraction of sp³-hybridized carbons (Fsp3) is 0.214. The van der Waals surface area contributed by atoms with Crippen LogP contribution in [0.2, 0.25) is 0 Å². The summed E-state index contributed by atoms with van der Waals surface area (Å²) in [5.41, 5.74) is 1.56. The number of rotatable bonds is 4. The molecule has 0 saturated heterocycles. The SMILES string of the molecule is COc1ccc(OC)c(NC(=O)c2sccc2C)c1. The molecule has 1 amide bonds. The summed E-state index contributed by atoms with van der Waals surface area (Å²) in [6, 6.07) is 7.20. The third kappa shape index (κ3) is 2.88. The van der Waals surface area contributed by atoms with Crippen LogP contribution in [-0.2, 0) is 0 Å². The average molecular weight is 277 g/mol. The first kappa shape index (κ1) is 13.4. The minimum Gasteiger partial charge on any atom is -0.497 e. The van der Waals surface area contributed by atoms with Crippen molar-refractivity contribution in [2.45, 2.75) is 6.92 Å². The highest BCUT2D eigenvalue weighted by atomic mass is 32.1. The van der Waals surface area contributed by atoms with Crippen LogP contribution in [0.3, 0.4) is 0 Å². The van der Waals surface area contributed by atoms with Gasteiger partial charge in [-0.15, -0.1) is 11.3 Å². The highest BCUT2D eigenvalue weighted by Gasteiger charge is 2.13. The zero-order chi connectivity index (χ0) is 13.8. The van der Waals surface area contributed by atoms with Gasteiger partial charge in [0.1, 0.15) is 11.5 Å². The number of hydrogen-bond donors (Lipinski definition) is 1. The molecule has 1 heterocycles. The van der Waals surface area contributed by atoms with Crippen LogP contribution in [0.1, 0.15) is 15.2 Å². The van der Waals surface area contributed by atoms with Crippen LogP contribution in [-0.4, -0.2) is 20.1 Å². The summed E-state index contributed by atoms with van der Waals surface area (Å²) in [6.45, 7) is 1.91. The highest BCUT2D eigenvalue weighted by Crippen LogP contribution is 2.30. The predicted molar refractivity (Wildman–Crippen MR) is 76.6 cm³/mol. The van der Waals surface area contributed by atoms with E-state index in [1.807, 2.05) is 18.4 Å². The molecule has 1 aromatic heterocycles. The molecule has 4 nitrogen and oxygen atoms in total. The van der Waals surface area contributed by atoms with Crippen LogP contribution in [0.4, 0.5) is 5.69 Å². The molecule has 0 unspecified atom stereocenters. The van der Waals surface area contributed by atoms with E-state index in [9.17, 15) is 4.79 Å². The molecule has 1 aromatic carbocycles. The lowest BCUT2D eigenvalue weighted by atomic mass is 10.2. The molecule has 100 valence electrons. The Balaban J connectivity index is 2.27. The maximum atomic E-state index is 12.2. The van der Waals surface area contributed by atoms with Gasteiger partial charge in [-0.1, -0.05) is 0 Å². The molecular weight excluding hydrogens is 262 g/mol. The van der Waals surface area contributed by atoms with Crippen molar-refractivity contribution in [1.82, 2.24) is 0 Å². The summed E-state index contributed by atoms with van der Waals surface area (Å²) in [7, 11) is 3.14. The second-order valence-electron chi connectivity index (χ2n) is 3.95. The second kappa shape index (κ2) is 5.75. The van der Waals surface area contributed by atoms with E-state index in [1.54, 1.807) is 32.4 Å². The number of benzene rings is 1. The van der Waals surface area contributed by atoms with E-state index >= 15 is 0 Å². The number of amides is 1. The average Bonchev–Trinajstić information content (AvgIpc) is 2.85. The summed E-state index contributed by atoms with van der Waals surface area (Å²) in [5, 5.41) is 4.74. The van der Waals surface area contributed by atoms with Gasteiger partial charge in [-0.3, -0.25) is 4.79 Å². The van der Waals surface area contributed by atoms with E-state index < -0.39 is 0 Å². The smallest absolute Gasteiger partial charge is 0.266 e. The summed E-state index contributed by atoms with van der Waals surface area (Å²) < 4.78 is 10.4. The van der Waals surface area contributed by atoms with Gasteiger partial charge in [0.15, 0.2) is 0 Å². The minimum absolute atomic E-state index is 0.140. The molecule has 2 aromatic rings. The Bertz CT molecular complexity index is 592. The zero-order valence-electron chi connectivity index (χ0n) is 11.0. The number of thiophene rings is 1. The van der Waals surface area contributed by atoms with Gasteiger partial charge in [0.2, 0.25) is 0 Å². The molecule has 0 bridgehead atoms. The summed E-state index contributed by atoms with van der Waals surface area (Å²) >= 11 is 1.42. The van der Waals surface area contributed by atoms with Crippen LogP contribution in [0.5, 0.6) is 11.5 Å². The number of methoxy groups -OCH3 is 2. The van der Waals surface area contributed by atoms with E-state index in [-0.39, 0.29) is 5.91 Å². The lowest BCUT2D eigenvalue weighted by Crippen LogP contribution is -2.12. The van der Waals surface area contributed by atoms with Gasteiger partial charge in [0, 0.05) is 6.07 Å². The quantitative estimate of drug-likeness (QED) is 0.932. The van der Waals surface area contributed by atoms with E-state index in [0.717, 1.165) is 5.56 Å². The first-order chi connectivity index (χ1) is 9.15. The van der Waals surface area contributed by atoms with Crippen molar-refractivity contribution < 1.29 is 14.3 Å². The Kier molecular flexibility index (Phi) is 4.06. The first-order valence-corrected chi connectivity index (χ1v) is 6.61. The Hall–Kier alpha value is -2.01. The number of carbonyl (C=O) groups excluding carboxylic acids is 1. The molecular formula is C14H15NO3S. The monoisotopic (exact) mass is 277 g/mol. The van der Waals surface area contributed by atoms with Crippen molar-refractivity contribution in [1.29, 1.82) is 0 Å². The Morgan fingerprint density at radius 3 is 2.58 bits per heavy atom. The van der Waals surface area contributed by atoms with Crippen molar-refractivity contribution >= 4 is 22.9 Å². The Morgan fingerprint density at radius 1 is 1.21 bits per heavy atom. The van der Waals surface area contributed by atoms with Crippen molar-refractivity contribution in [3.05, 3.63) is 40.1 Å². The molecule has 0 aliphatic heterocycles. The molecule has 0 saturated carbocycles. The standard InChI is InChI=1S/C14H15NO3S/c1-9-6-7-19-13(9)14(16)15-11-8-10(17-2)4-5-12(11)18-3/h4-8H,1-3H3,(H,15,16). The van der Waals surface area contributed by atoms with Crippen LogP contribution in [0, 0.1) is 6.92 Å². The van der Waals surface area contributed by atoms with E-state index in [0.29, 0.717) is 22.1 Å². The molecule has 0 fully saturated rings. The normalized spacial score (nSPS) is 10.1. The van der Waals surface area contributed by atoms with Crippen molar-refractivity contribution in [3.8, 4) is 11.5 Å². The van der Waals surface area contributed by atoms with Gasteiger partial charge >= 0.3 is 0 Å². The Morgan fingerprint density at radius 2 is 2.00 bits per heavy atom. The van der Waals surface area contributed by atoms with Crippen molar-refractivity contribution in [3.63, 3.8) is 0 Å². The fourth-order valence-corrected chi connectivity index (χ4v) is 2.52. The van der Waals surface area contributed by atoms with Crippen molar-refractivity contribution in [2.75, 3.05) is 19.5 Å². The molecule has 0 radical (unpaired) electrons. The number of ether oxygens (including phenoxy) is 2. The number of aryl methyl sites for hydroxylation is 1. The van der Waals surface area contributed by atoms with E-state index in [2.05, 4.69) is 5.32 Å². The Labute approximate surface area is 116 Å². The molecule has 5 heteroatoms. The summed E-state index contributed by atoms with van der Waals surface area (Å²) in [6.07, 6.45) is 0. The van der Waals surface area contributed by atoms with Gasteiger partial charge in [-0.05, 0) is 36.1 Å². The largest absolute Gasteiger partial charge is 0.497 e. The fourth-order valence-electron chi connectivity index (χ4n) is 1.70. The van der Waals surface area contributed by atoms with Gasteiger partial charge in [-0.2, -0.15) is 0 Å². The molecule has 2 rings (SSSR count). The van der Waals surface area contributed by atoms with Gasteiger partial charge in [-0.25, -0.2) is 0 Å². The third-order valence-electron chi connectivity index (χ3n) is 2.72. The highest BCUT2D eigenvalue weighted by molar-refractivity contribution is 7.12. The number of carbonyl (C=O) groups is 1. The molecule has 0 spiro atoms. The molecule has 0 aliphatic rings. The predicted octanol–water partition coefficient (Wildman–Crippen LogP) is 3.33. The second-order valence-corrected chi connectivity index (χ2v) is 4.87. The number of hydrogen-bond acceptors (Lipinski definition) is 4.